The molecule has 2 rings (SSSR count). The Labute approximate surface area is 125 Å². The summed E-state index contributed by atoms with van der Waals surface area (Å²) >= 11 is 0. The average molecular weight is 303 g/mol. The number of halogens is 2. The summed E-state index contributed by atoms with van der Waals surface area (Å²) in [4.78, 5) is 14.2. The normalized spacial score (nSPS) is 30.0. The molecule has 122 valence electrons. The maximum absolute atomic E-state index is 13.5. The second kappa shape index (κ2) is 7.49. The molecule has 6 heteroatoms. The highest BCUT2D eigenvalue weighted by Gasteiger charge is 2.37. The van der Waals surface area contributed by atoms with Gasteiger partial charge in [-0.2, -0.15) is 0 Å². The Bertz CT molecular complexity index is 352. The fourth-order valence-electron chi connectivity index (χ4n) is 3.57. The van der Waals surface area contributed by atoms with Crippen LogP contribution in [0.1, 0.15) is 38.5 Å². The summed E-state index contributed by atoms with van der Waals surface area (Å²) < 4.78 is 26.9. The molecule has 0 aromatic heterocycles. The van der Waals surface area contributed by atoms with Crippen molar-refractivity contribution in [1.82, 2.24) is 10.2 Å². The Kier molecular flexibility index (Phi) is 5.93. The molecule has 21 heavy (non-hydrogen) atoms. The lowest BCUT2D eigenvalue weighted by atomic mass is 9.85. The van der Waals surface area contributed by atoms with Crippen molar-refractivity contribution in [1.29, 1.82) is 0 Å². The van der Waals surface area contributed by atoms with Crippen molar-refractivity contribution in [2.45, 2.75) is 44.4 Å². The Morgan fingerprint density at radius 1 is 1.33 bits per heavy atom. The van der Waals surface area contributed by atoms with Crippen LogP contribution in [0.2, 0.25) is 0 Å². The van der Waals surface area contributed by atoms with E-state index in [0.29, 0.717) is 32.6 Å². The number of carbonyl (C=O) groups excluding carboxylic acids is 1. The van der Waals surface area contributed by atoms with Gasteiger partial charge < -0.3 is 16.0 Å². The number of piperidine rings is 1. The van der Waals surface area contributed by atoms with Gasteiger partial charge in [-0.1, -0.05) is 0 Å². The largest absolute Gasteiger partial charge is 0.355 e. The van der Waals surface area contributed by atoms with Crippen molar-refractivity contribution in [3.8, 4) is 0 Å². The Balaban J connectivity index is 1.79. The molecule has 0 aromatic carbocycles. The van der Waals surface area contributed by atoms with Crippen LogP contribution in [0.4, 0.5) is 8.78 Å². The number of nitrogens with two attached hydrogens (primary N) is 1. The molecule has 3 N–H and O–H groups in total. The van der Waals surface area contributed by atoms with E-state index in [0.717, 1.165) is 25.8 Å². The monoisotopic (exact) mass is 303 g/mol. The molecule has 1 aliphatic carbocycles. The molecule has 1 aliphatic heterocycles. The molecule has 1 amide bonds. The molecule has 0 bridgehead atoms. The minimum atomic E-state index is -2.49. The fraction of sp³-hybridized carbons (Fsp3) is 0.933. The molecular weight excluding hydrogens is 276 g/mol. The number of carbonyl (C=O) groups is 1. The SMILES string of the molecule is NCCNC(=O)C1CCCN(CC2CCCC(F)(F)C2)C1. The maximum atomic E-state index is 13.5. The lowest BCUT2D eigenvalue weighted by molar-refractivity contribution is -0.127. The van der Waals surface area contributed by atoms with Crippen molar-refractivity contribution >= 4 is 5.91 Å². The zero-order valence-electron chi connectivity index (χ0n) is 12.6. The third kappa shape index (κ3) is 5.18. The van der Waals surface area contributed by atoms with Crippen LogP contribution in [0, 0.1) is 11.8 Å². The van der Waals surface area contributed by atoms with E-state index in [1.165, 1.54) is 0 Å². The molecule has 1 saturated carbocycles. The summed E-state index contributed by atoms with van der Waals surface area (Å²) in [5, 5.41) is 2.83. The van der Waals surface area contributed by atoms with Crippen LogP contribution in [-0.2, 0) is 4.79 Å². The molecule has 0 radical (unpaired) electrons. The molecule has 1 heterocycles. The third-order valence-corrected chi connectivity index (χ3v) is 4.58. The highest BCUT2D eigenvalue weighted by Crippen LogP contribution is 2.37. The number of nitrogens with zero attached hydrogens (tertiary/aromatic N) is 1. The Morgan fingerprint density at radius 2 is 2.14 bits per heavy atom. The molecule has 2 fully saturated rings. The van der Waals surface area contributed by atoms with Crippen LogP contribution in [-0.4, -0.2) is 49.5 Å². The molecular formula is C15H27F2N3O. The molecule has 0 spiro atoms. The number of alkyl halides is 2. The second-order valence-electron chi connectivity index (χ2n) is 6.50. The van der Waals surface area contributed by atoms with E-state index in [2.05, 4.69) is 10.2 Å². The van der Waals surface area contributed by atoms with E-state index >= 15 is 0 Å². The van der Waals surface area contributed by atoms with Gasteiger partial charge in [-0.3, -0.25) is 4.79 Å². The summed E-state index contributed by atoms with van der Waals surface area (Å²) in [6, 6.07) is 0. The number of likely N-dealkylation sites (tertiary alicyclic amines) is 1. The van der Waals surface area contributed by atoms with E-state index < -0.39 is 5.92 Å². The smallest absolute Gasteiger partial charge is 0.248 e. The van der Waals surface area contributed by atoms with Crippen LogP contribution in [0.15, 0.2) is 0 Å². The van der Waals surface area contributed by atoms with Crippen LogP contribution >= 0.6 is 0 Å². The second-order valence-corrected chi connectivity index (χ2v) is 6.50. The zero-order chi connectivity index (χ0) is 15.3. The van der Waals surface area contributed by atoms with Gasteiger partial charge >= 0.3 is 0 Å². The van der Waals surface area contributed by atoms with Gasteiger partial charge in [0.1, 0.15) is 0 Å². The van der Waals surface area contributed by atoms with Crippen LogP contribution in [0.5, 0.6) is 0 Å². The van der Waals surface area contributed by atoms with Gasteiger partial charge in [0.15, 0.2) is 0 Å². The van der Waals surface area contributed by atoms with Crippen molar-refractivity contribution < 1.29 is 13.6 Å². The molecule has 2 unspecified atom stereocenters. The average Bonchev–Trinajstić information content (AvgIpc) is 2.44. The first-order chi connectivity index (χ1) is 10.00. The summed E-state index contributed by atoms with van der Waals surface area (Å²) in [6.07, 6.45) is 3.39. The topological polar surface area (TPSA) is 58.4 Å². The lowest BCUT2D eigenvalue weighted by Crippen LogP contribution is -2.46. The van der Waals surface area contributed by atoms with E-state index in [1.54, 1.807) is 0 Å². The maximum Gasteiger partial charge on any atom is 0.248 e. The van der Waals surface area contributed by atoms with E-state index in [9.17, 15) is 13.6 Å². The van der Waals surface area contributed by atoms with Crippen LogP contribution in [0.3, 0.4) is 0 Å². The summed E-state index contributed by atoms with van der Waals surface area (Å²) in [7, 11) is 0. The summed E-state index contributed by atoms with van der Waals surface area (Å²) in [6.45, 7) is 3.26. The van der Waals surface area contributed by atoms with Gasteiger partial charge in [0, 0.05) is 39.0 Å². The van der Waals surface area contributed by atoms with Gasteiger partial charge in [-0.25, -0.2) is 8.78 Å². The minimum absolute atomic E-state index is 0.00748. The number of hydrogen-bond donors (Lipinski definition) is 2. The fourth-order valence-corrected chi connectivity index (χ4v) is 3.57. The first-order valence-electron chi connectivity index (χ1n) is 8.08. The predicted octanol–water partition coefficient (Wildman–Crippen LogP) is 1.60. The van der Waals surface area contributed by atoms with Crippen molar-refractivity contribution in [3.63, 3.8) is 0 Å². The van der Waals surface area contributed by atoms with Gasteiger partial charge in [-0.15, -0.1) is 0 Å². The van der Waals surface area contributed by atoms with Gasteiger partial charge in [-0.05, 0) is 38.1 Å². The Hall–Kier alpha value is -0.750. The standard InChI is InChI=1S/C15H27F2N3O/c16-15(17)5-1-3-12(9-15)10-20-8-2-4-13(11-20)14(21)19-7-6-18/h12-13H,1-11,18H2,(H,19,21). The third-order valence-electron chi connectivity index (χ3n) is 4.58. The zero-order valence-corrected chi connectivity index (χ0v) is 12.6. The van der Waals surface area contributed by atoms with Gasteiger partial charge in [0.2, 0.25) is 11.8 Å². The summed E-state index contributed by atoms with van der Waals surface area (Å²) in [5.74, 6) is -2.38. The lowest BCUT2D eigenvalue weighted by Gasteiger charge is -2.37. The van der Waals surface area contributed by atoms with E-state index in [-0.39, 0.29) is 30.6 Å². The highest BCUT2D eigenvalue weighted by molar-refractivity contribution is 5.78. The van der Waals surface area contributed by atoms with Crippen molar-refractivity contribution in [3.05, 3.63) is 0 Å². The number of amides is 1. The molecule has 0 aromatic rings. The molecule has 2 atom stereocenters. The number of rotatable bonds is 5. The van der Waals surface area contributed by atoms with Crippen molar-refractivity contribution in [2.75, 3.05) is 32.7 Å². The van der Waals surface area contributed by atoms with Gasteiger partial charge in [0.25, 0.3) is 0 Å². The Morgan fingerprint density at radius 3 is 2.86 bits per heavy atom. The van der Waals surface area contributed by atoms with Gasteiger partial charge in [0.05, 0.1) is 5.92 Å². The predicted molar refractivity (Wildman–Crippen MR) is 78.1 cm³/mol. The molecule has 2 aliphatic rings. The first kappa shape index (κ1) is 16.6. The van der Waals surface area contributed by atoms with Crippen LogP contribution < -0.4 is 11.1 Å². The number of nitrogens with one attached hydrogen (secondary N) is 1. The molecule has 1 saturated heterocycles. The van der Waals surface area contributed by atoms with Crippen molar-refractivity contribution in [2.24, 2.45) is 17.6 Å². The highest BCUT2D eigenvalue weighted by atomic mass is 19.3. The van der Waals surface area contributed by atoms with E-state index in [4.69, 9.17) is 5.73 Å². The molecule has 4 nitrogen and oxygen atoms in total. The minimum Gasteiger partial charge on any atom is -0.355 e. The summed E-state index contributed by atoms with van der Waals surface area (Å²) in [5.41, 5.74) is 5.39. The number of hydrogen-bond acceptors (Lipinski definition) is 3. The first-order valence-corrected chi connectivity index (χ1v) is 8.08. The quantitative estimate of drug-likeness (QED) is 0.811. The van der Waals surface area contributed by atoms with E-state index in [1.807, 2.05) is 0 Å². The van der Waals surface area contributed by atoms with Crippen LogP contribution in [0.25, 0.3) is 0 Å².